The van der Waals surface area contributed by atoms with Crippen molar-refractivity contribution >= 4 is 11.7 Å². The first-order chi connectivity index (χ1) is 18.6. The van der Waals surface area contributed by atoms with Crippen LogP contribution in [0.3, 0.4) is 0 Å². The van der Waals surface area contributed by atoms with E-state index in [0.717, 1.165) is 40.8 Å². The van der Waals surface area contributed by atoms with Crippen LogP contribution in [-0.4, -0.2) is 31.2 Å². The zero-order valence-corrected chi connectivity index (χ0v) is 21.7. The number of ether oxygens (including phenoxy) is 3. The minimum absolute atomic E-state index is 0.0127. The van der Waals surface area contributed by atoms with Crippen molar-refractivity contribution in [1.29, 1.82) is 0 Å². The van der Waals surface area contributed by atoms with Crippen LogP contribution in [0.5, 0.6) is 11.8 Å². The highest BCUT2D eigenvalue weighted by atomic mass is 16.5. The van der Waals surface area contributed by atoms with Crippen LogP contribution in [0.2, 0.25) is 0 Å². The van der Waals surface area contributed by atoms with Gasteiger partial charge in [-0.05, 0) is 47.7 Å². The number of aromatic nitrogens is 1. The molecule has 5 rings (SSSR count). The summed E-state index contributed by atoms with van der Waals surface area (Å²) in [4.78, 5) is 18.8. The largest absolute Gasteiger partial charge is 0.473 e. The molecule has 3 aromatic carbocycles. The number of carbonyl (C=O) groups is 1. The van der Waals surface area contributed by atoms with Crippen molar-refractivity contribution in [2.45, 2.75) is 32.1 Å². The van der Waals surface area contributed by atoms with Crippen LogP contribution in [0.15, 0.2) is 97.1 Å². The van der Waals surface area contributed by atoms with Crippen molar-refractivity contribution in [2.24, 2.45) is 5.92 Å². The van der Waals surface area contributed by atoms with Gasteiger partial charge >= 0.3 is 5.97 Å². The summed E-state index contributed by atoms with van der Waals surface area (Å²) >= 11 is 0. The van der Waals surface area contributed by atoms with E-state index >= 15 is 0 Å². The normalized spacial score (nSPS) is 16.3. The molecular formula is C32H32N2O4. The summed E-state index contributed by atoms with van der Waals surface area (Å²) in [5.74, 6) is 0.899. The van der Waals surface area contributed by atoms with E-state index < -0.39 is 0 Å². The number of esters is 1. The van der Waals surface area contributed by atoms with E-state index in [4.69, 9.17) is 19.2 Å². The third kappa shape index (κ3) is 5.97. The Morgan fingerprint density at radius 2 is 1.50 bits per heavy atom. The Morgan fingerprint density at radius 3 is 2.16 bits per heavy atom. The van der Waals surface area contributed by atoms with Gasteiger partial charge in [0.05, 0.1) is 13.0 Å². The monoisotopic (exact) mass is 508 g/mol. The van der Waals surface area contributed by atoms with Crippen molar-refractivity contribution in [3.63, 3.8) is 0 Å². The van der Waals surface area contributed by atoms with Crippen molar-refractivity contribution < 1.29 is 19.0 Å². The molecule has 194 valence electrons. The number of rotatable bonds is 10. The molecule has 0 N–H and O–H groups in total. The highest BCUT2D eigenvalue weighted by Crippen LogP contribution is 2.37. The molecule has 0 aliphatic heterocycles. The summed E-state index contributed by atoms with van der Waals surface area (Å²) in [6.07, 6.45) is 1.60. The first-order valence-corrected chi connectivity index (χ1v) is 12.9. The van der Waals surface area contributed by atoms with E-state index in [9.17, 15) is 4.79 Å². The zero-order chi connectivity index (χ0) is 26.3. The Labute approximate surface area is 223 Å². The summed E-state index contributed by atoms with van der Waals surface area (Å²) < 4.78 is 17.1. The van der Waals surface area contributed by atoms with E-state index in [0.29, 0.717) is 31.0 Å². The fourth-order valence-electron chi connectivity index (χ4n) is 4.66. The molecule has 38 heavy (non-hydrogen) atoms. The number of nitrogens with zero attached hydrogens (tertiary/aromatic N) is 2. The van der Waals surface area contributed by atoms with Gasteiger partial charge in [0, 0.05) is 30.4 Å². The van der Waals surface area contributed by atoms with Crippen molar-refractivity contribution in [1.82, 2.24) is 4.98 Å². The van der Waals surface area contributed by atoms with Gasteiger partial charge in [0.15, 0.2) is 0 Å². The number of methoxy groups -OCH3 is 1. The number of carbonyl (C=O) groups excluding carboxylic acids is 1. The Balaban J connectivity index is 1.37. The molecule has 1 aliphatic carbocycles. The molecule has 1 aliphatic rings. The minimum atomic E-state index is -0.121. The second-order valence-electron chi connectivity index (χ2n) is 9.56. The molecule has 1 fully saturated rings. The summed E-state index contributed by atoms with van der Waals surface area (Å²) in [7, 11) is 3.52. The van der Waals surface area contributed by atoms with Gasteiger partial charge < -0.3 is 19.1 Å². The second kappa shape index (κ2) is 11.8. The maximum atomic E-state index is 11.8. The summed E-state index contributed by atoms with van der Waals surface area (Å²) in [5, 5.41) is 0. The number of hydrogen-bond acceptors (Lipinski definition) is 6. The van der Waals surface area contributed by atoms with Crippen LogP contribution >= 0.6 is 0 Å². The Bertz CT molecular complexity index is 1350. The van der Waals surface area contributed by atoms with Crippen LogP contribution < -0.4 is 14.4 Å². The van der Waals surface area contributed by atoms with Crippen LogP contribution in [0, 0.1) is 5.92 Å². The molecule has 6 heteroatoms. The molecule has 0 amide bonds. The molecule has 0 radical (unpaired) electrons. The third-order valence-electron chi connectivity index (χ3n) is 7.04. The topological polar surface area (TPSA) is 60.9 Å². The smallest absolute Gasteiger partial charge is 0.308 e. The number of anilines is 1. The number of pyridine rings is 1. The van der Waals surface area contributed by atoms with E-state index in [1.54, 1.807) is 0 Å². The molecule has 1 aromatic heterocycles. The molecular weight excluding hydrogens is 476 g/mol. The predicted octanol–water partition coefficient (Wildman–Crippen LogP) is 6.29. The number of benzene rings is 3. The van der Waals surface area contributed by atoms with E-state index in [1.807, 2.05) is 78.9 Å². The average molecular weight is 509 g/mol. The molecule has 0 atom stereocenters. The predicted molar refractivity (Wildman–Crippen MR) is 148 cm³/mol. The van der Waals surface area contributed by atoms with E-state index in [1.165, 1.54) is 7.11 Å². The molecule has 0 spiro atoms. The Kier molecular flexibility index (Phi) is 7.88. The lowest BCUT2D eigenvalue weighted by molar-refractivity contribution is -0.148. The standard InChI is InChI=1S/C32H32N2O4/c1-34(28-19-26(20-28)32(35)36-2)27-15-9-14-25(18-27)29-16-17-30(37-21-23-10-5-3-6-11-23)33-31(29)38-22-24-12-7-4-8-13-24/h3-18,26,28H,19-22H2,1-2H3. The van der Waals surface area contributed by atoms with Gasteiger partial charge in [0.1, 0.15) is 13.2 Å². The SMILES string of the molecule is COC(=O)C1CC(N(C)c2cccc(-c3ccc(OCc4ccccc4)nc3OCc3ccccc3)c2)C1. The van der Waals surface area contributed by atoms with Gasteiger partial charge in [0.25, 0.3) is 0 Å². The molecule has 1 saturated carbocycles. The maximum Gasteiger partial charge on any atom is 0.308 e. The second-order valence-corrected chi connectivity index (χ2v) is 9.56. The van der Waals surface area contributed by atoms with E-state index in [-0.39, 0.29) is 11.9 Å². The lowest BCUT2D eigenvalue weighted by atomic mass is 9.79. The quantitative estimate of drug-likeness (QED) is 0.235. The maximum absolute atomic E-state index is 11.8. The van der Waals surface area contributed by atoms with Gasteiger partial charge in [-0.1, -0.05) is 72.8 Å². The molecule has 4 aromatic rings. The first kappa shape index (κ1) is 25.3. The van der Waals surface area contributed by atoms with Crippen molar-refractivity contribution in [3.8, 4) is 22.9 Å². The van der Waals surface area contributed by atoms with Gasteiger partial charge in [-0.3, -0.25) is 4.79 Å². The Hall–Kier alpha value is -4.32. The van der Waals surface area contributed by atoms with Crippen LogP contribution in [-0.2, 0) is 22.7 Å². The average Bonchev–Trinajstić information content (AvgIpc) is 2.95. The molecule has 6 nitrogen and oxygen atoms in total. The van der Waals surface area contributed by atoms with Gasteiger partial charge in [0.2, 0.25) is 11.8 Å². The zero-order valence-electron chi connectivity index (χ0n) is 21.7. The Morgan fingerprint density at radius 1 is 0.842 bits per heavy atom. The van der Waals surface area contributed by atoms with Gasteiger partial charge in [-0.15, -0.1) is 0 Å². The number of hydrogen-bond donors (Lipinski definition) is 0. The van der Waals surface area contributed by atoms with Crippen LogP contribution in [0.25, 0.3) is 11.1 Å². The van der Waals surface area contributed by atoms with Crippen LogP contribution in [0.4, 0.5) is 5.69 Å². The van der Waals surface area contributed by atoms with Crippen molar-refractivity contribution in [3.05, 3.63) is 108 Å². The lowest BCUT2D eigenvalue weighted by Crippen LogP contribution is -2.45. The minimum Gasteiger partial charge on any atom is -0.473 e. The summed E-state index contributed by atoms with van der Waals surface area (Å²) in [5.41, 5.74) is 5.11. The summed E-state index contributed by atoms with van der Waals surface area (Å²) in [6, 6.07) is 32.6. The third-order valence-corrected chi connectivity index (χ3v) is 7.04. The molecule has 1 heterocycles. The van der Waals surface area contributed by atoms with Crippen LogP contribution in [0.1, 0.15) is 24.0 Å². The highest BCUT2D eigenvalue weighted by Gasteiger charge is 2.37. The van der Waals surface area contributed by atoms with Gasteiger partial charge in [-0.2, -0.15) is 4.98 Å². The molecule has 0 saturated heterocycles. The van der Waals surface area contributed by atoms with Gasteiger partial charge in [-0.25, -0.2) is 0 Å². The first-order valence-electron chi connectivity index (χ1n) is 12.9. The lowest BCUT2D eigenvalue weighted by Gasteiger charge is -2.41. The molecule has 0 unspecified atom stereocenters. The fourth-order valence-corrected chi connectivity index (χ4v) is 4.66. The molecule has 0 bridgehead atoms. The van der Waals surface area contributed by atoms with Crippen molar-refractivity contribution in [2.75, 3.05) is 19.1 Å². The highest BCUT2D eigenvalue weighted by molar-refractivity contribution is 5.75. The van der Waals surface area contributed by atoms with E-state index in [2.05, 4.69) is 30.1 Å². The fraction of sp³-hybridized carbons (Fsp3) is 0.250. The summed E-state index contributed by atoms with van der Waals surface area (Å²) in [6.45, 7) is 0.832.